The summed E-state index contributed by atoms with van der Waals surface area (Å²) >= 11 is 0. The lowest BCUT2D eigenvalue weighted by molar-refractivity contribution is -0.144. The van der Waals surface area contributed by atoms with Crippen molar-refractivity contribution in [2.24, 2.45) is 11.8 Å². The highest BCUT2D eigenvalue weighted by Gasteiger charge is 2.31. The average molecular weight is 374 g/mol. The predicted molar refractivity (Wildman–Crippen MR) is 103 cm³/mol. The van der Waals surface area contributed by atoms with E-state index in [-0.39, 0.29) is 23.7 Å². The van der Waals surface area contributed by atoms with Crippen LogP contribution in [0.5, 0.6) is 0 Å². The van der Waals surface area contributed by atoms with Crippen molar-refractivity contribution in [3.8, 4) is 0 Å². The number of amides is 2. The van der Waals surface area contributed by atoms with Gasteiger partial charge in [0.15, 0.2) is 0 Å². The number of carboxylic acid groups (broad SMARTS) is 1. The summed E-state index contributed by atoms with van der Waals surface area (Å²) in [5, 5.41) is 12.0. The first-order valence-corrected chi connectivity index (χ1v) is 9.77. The second-order valence-corrected chi connectivity index (χ2v) is 7.35. The lowest BCUT2D eigenvalue weighted by Crippen LogP contribution is -2.49. The molecule has 0 bridgehead atoms. The van der Waals surface area contributed by atoms with Gasteiger partial charge in [-0.1, -0.05) is 50.6 Å². The van der Waals surface area contributed by atoms with Gasteiger partial charge < -0.3 is 15.3 Å². The number of benzene rings is 1. The lowest BCUT2D eigenvalue weighted by Gasteiger charge is -2.32. The number of carbonyl (C=O) groups excluding carboxylic acids is 2. The molecule has 6 heteroatoms. The summed E-state index contributed by atoms with van der Waals surface area (Å²) in [6.07, 6.45) is 3.03. The van der Waals surface area contributed by atoms with Crippen molar-refractivity contribution in [2.75, 3.05) is 13.1 Å². The van der Waals surface area contributed by atoms with Crippen molar-refractivity contribution in [1.82, 2.24) is 10.2 Å². The standard InChI is InChI=1S/C21H30N2O4/c1-3-15(2)19(21(26)27)22-20(25)17-11-13-23(14-12-17)18(24)10-9-16-7-5-4-6-8-16/h4-8,15,17,19H,3,9-14H2,1-2H3,(H,22,25)(H,26,27)/t15-,19-/m0/s1. The van der Waals surface area contributed by atoms with E-state index in [0.717, 1.165) is 12.0 Å². The second kappa shape index (κ2) is 10.1. The van der Waals surface area contributed by atoms with E-state index < -0.39 is 12.0 Å². The number of hydrogen-bond acceptors (Lipinski definition) is 3. The first-order chi connectivity index (χ1) is 12.9. The third-order valence-electron chi connectivity index (χ3n) is 5.47. The molecule has 1 aromatic rings. The average Bonchev–Trinajstić information content (AvgIpc) is 2.70. The van der Waals surface area contributed by atoms with Crippen molar-refractivity contribution in [1.29, 1.82) is 0 Å². The molecule has 2 N–H and O–H groups in total. The van der Waals surface area contributed by atoms with Crippen LogP contribution in [0, 0.1) is 11.8 Å². The van der Waals surface area contributed by atoms with E-state index in [2.05, 4.69) is 5.32 Å². The molecule has 1 aliphatic rings. The van der Waals surface area contributed by atoms with Crippen LogP contribution in [-0.4, -0.2) is 46.9 Å². The van der Waals surface area contributed by atoms with Gasteiger partial charge in [0.2, 0.25) is 11.8 Å². The fraction of sp³-hybridized carbons (Fsp3) is 0.571. The number of piperidine rings is 1. The van der Waals surface area contributed by atoms with E-state index in [0.29, 0.717) is 38.8 Å². The molecule has 0 aromatic heterocycles. The number of likely N-dealkylation sites (tertiary alicyclic amines) is 1. The molecule has 1 saturated heterocycles. The molecule has 0 unspecified atom stereocenters. The van der Waals surface area contributed by atoms with E-state index in [1.54, 1.807) is 0 Å². The minimum Gasteiger partial charge on any atom is -0.480 e. The third kappa shape index (κ3) is 6.08. The summed E-state index contributed by atoms with van der Waals surface area (Å²) in [7, 11) is 0. The van der Waals surface area contributed by atoms with Gasteiger partial charge in [-0.05, 0) is 30.7 Å². The number of aliphatic carboxylic acids is 1. The Morgan fingerprint density at radius 2 is 1.81 bits per heavy atom. The summed E-state index contributed by atoms with van der Waals surface area (Å²) in [5.74, 6) is -1.44. The Morgan fingerprint density at radius 1 is 1.19 bits per heavy atom. The number of aryl methyl sites for hydroxylation is 1. The summed E-state index contributed by atoms with van der Waals surface area (Å²) in [6.45, 7) is 4.83. The van der Waals surface area contributed by atoms with Crippen LogP contribution in [0.15, 0.2) is 30.3 Å². The number of hydrogen-bond donors (Lipinski definition) is 2. The summed E-state index contributed by atoms with van der Waals surface area (Å²) in [4.78, 5) is 38.0. The van der Waals surface area contributed by atoms with Crippen LogP contribution in [0.4, 0.5) is 0 Å². The minimum absolute atomic E-state index is 0.112. The van der Waals surface area contributed by atoms with Gasteiger partial charge in [-0.2, -0.15) is 0 Å². The molecule has 1 fully saturated rings. The highest BCUT2D eigenvalue weighted by Crippen LogP contribution is 2.20. The molecule has 2 amide bonds. The van der Waals surface area contributed by atoms with Gasteiger partial charge in [0.05, 0.1) is 0 Å². The molecule has 148 valence electrons. The zero-order chi connectivity index (χ0) is 19.8. The molecule has 0 saturated carbocycles. The third-order valence-corrected chi connectivity index (χ3v) is 5.47. The Labute approximate surface area is 160 Å². The fourth-order valence-corrected chi connectivity index (χ4v) is 3.40. The number of nitrogens with one attached hydrogen (secondary N) is 1. The lowest BCUT2D eigenvalue weighted by atomic mass is 9.93. The number of nitrogens with zero attached hydrogens (tertiary/aromatic N) is 1. The second-order valence-electron chi connectivity index (χ2n) is 7.35. The largest absolute Gasteiger partial charge is 0.480 e. The van der Waals surface area contributed by atoms with Gasteiger partial charge in [-0.3, -0.25) is 9.59 Å². The maximum absolute atomic E-state index is 12.4. The maximum Gasteiger partial charge on any atom is 0.326 e. The molecule has 0 aliphatic carbocycles. The van der Waals surface area contributed by atoms with Gasteiger partial charge in [0.1, 0.15) is 6.04 Å². The van der Waals surface area contributed by atoms with Crippen LogP contribution in [0.1, 0.15) is 45.1 Å². The monoisotopic (exact) mass is 374 g/mol. The Bertz CT molecular complexity index is 639. The molecular weight excluding hydrogens is 344 g/mol. The maximum atomic E-state index is 12.4. The molecule has 1 aromatic carbocycles. The minimum atomic E-state index is -0.994. The van der Waals surface area contributed by atoms with E-state index in [9.17, 15) is 19.5 Å². The Morgan fingerprint density at radius 3 is 2.37 bits per heavy atom. The van der Waals surface area contributed by atoms with E-state index in [4.69, 9.17) is 0 Å². The Balaban J connectivity index is 1.79. The van der Waals surface area contributed by atoms with Gasteiger partial charge >= 0.3 is 5.97 Å². The van der Waals surface area contributed by atoms with Crippen LogP contribution >= 0.6 is 0 Å². The van der Waals surface area contributed by atoms with Crippen LogP contribution in [-0.2, 0) is 20.8 Å². The molecule has 6 nitrogen and oxygen atoms in total. The van der Waals surface area contributed by atoms with Crippen molar-refractivity contribution >= 4 is 17.8 Å². The smallest absolute Gasteiger partial charge is 0.326 e. The predicted octanol–water partition coefficient (Wildman–Crippen LogP) is 2.47. The van der Waals surface area contributed by atoms with Crippen molar-refractivity contribution in [2.45, 2.75) is 52.0 Å². The highest BCUT2D eigenvalue weighted by atomic mass is 16.4. The quantitative estimate of drug-likeness (QED) is 0.732. The van der Waals surface area contributed by atoms with Gasteiger partial charge in [-0.15, -0.1) is 0 Å². The van der Waals surface area contributed by atoms with E-state index in [1.165, 1.54) is 0 Å². The first-order valence-electron chi connectivity index (χ1n) is 9.77. The molecule has 2 atom stereocenters. The zero-order valence-electron chi connectivity index (χ0n) is 16.2. The molecular formula is C21H30N2O4. The highest BCUT2D eigenvalue weighted by molar-refractivity contribution is 5.85. The number of carbonyl (C=O) groups is 3. The van der Waals surface area contributed by atoms with Crippen LogP contribution < -0.4 is 5.32 Å². The summed E-state index contributed by atoms with van der Waals surface area (Å²) in [6, 6.07) is 9.06. The van der Waals surface area contributed by atoms with Crippen molar-refractivity contribution < 1.29 is 19.5 Å². The van der Waals surface area contributed by atoms with Crippen molar-refractivity contribution in [3.05, 3.63) is 35.9 Å². The molecule has 0 radical (unpaired) electrons. The SMILES string of the molecule is CC[C@H](C)[C@H](NC(=O)C1CCN(C(=O)CCc2ccccc2)CC1)C(=O)O. The van der Waals surface area contributed by atoms with E-state index >= 15 is 0 Å². The van der Waals surface area contributed by atoms with Gasteiger partial charge in [0, 0.05) is 25.4 Å². The number of carboxylic acids is 1. The zero-order valence-corrected chi connectivity index (χ0v) is 16.2. The summed E-state index contributed by atoms with van der Waals surface area (Å²) in [5.41, 5.74) is 1.14. The first kappa shape index (κ1) is 20.9. The Hall–Kier alpha value is -2.37. The van der Waals surface area contributed by atoms with Crippen molar-refractivity contribution in [3.63, 3.8) is 0 Å². The molecule has 1 aliphatic heterocycles. The fourth-order valence-electron chi connectivity index (χ4n) is 3.40. The molecule has 0 spiro atoms. The van der Waals surface area contributed by atoms with E-state index in [1.807, 2.05) is 49.1 Å². The van der Waals surface area contributed by atoms with Gasteiger partial charge in [0.25, 0.3) is 0 Å². The van der Waals surface area contributed by atoms with Crippen LogP contribution in [0.3, 0.4) is 0 Å². The molecule has 1 heterocycles. The van der Waals surface area contributed by atoms with Crippen LogP contribution in [0.25, 0.3) is 0 Å². The Kier molecular flexibility index (Phi) is 7.82. The normalized spacial score (nSPS) is 17.2. The topological polar surface area (TPSA) is 86.7 Å². The number of rotatable bonds is 8. The van der Waals surface area contributed by atoms with Crippen LogP contribution in [0.2, 0.25) is 0 Å². The molecule has 27 heavy (non-hydrogen) atoms. The van der Waals surface area contributed by atoms with Gasteiger partial charge in [-0.25, -0.2) is 4.79 Å². The molecule has 2 rings (SSSR count). The summed E-state index contributed by atoms with van der Waals surface area (Å²) < 4.78 is 0.